The molecule has 3 heteroatoms. The lowest BCUT2D eigenvalue weighted by atomic mass is 9.93. The van der Waals surface area contributed by atoms with Crippen molar-refractivity contribution in [2.45, 2.75) is 19.9 Å². The van der Waals surface area contributed by atoms with E-state index >= 15 is 0 Å². The maximum absolute atomic E-state index is 13.8. The van der Waals surface area contributed by atoms with Crippen LogP contribution in [-0.2, 0) is 0 Å². The highest BCUT2D eigenvalue weighted by molar-refractivity contribution is 5.26. The van der Waals surface area contributed by atoms with Gasteiger partial charge in [0.1, 0.15) is 5.82 Å². The van der Waals surface area contributed by atoms with Gasteiger partial charge in [0.25, 0.3) is 0 Å². The lowest BCUT2D eigenvalue weighted by Crippen LogP contribution is -2.28. The summed E-state index contributed by atoms with van der Waals surface area (Å²) >= 11 is 0. The van der Waals surface area contributed by atoms with Crippen molar-refractivity contribution >= 4 is 0 Å². The molecule has 0 saturated carbocycles. The standard InChI is InChI=1S/C13H20FNO/c1-9-5-6-11(12(14)7-9)13(15(3)4)10(2)8-16/h5-7,10,13,16H,8H2,1-4H3. The quantitative estimate of drug-likeness (QED) is 0.850. The summed E-state index contributed by atoms with van der Waals surface area (Å²) < 4.78 is 13.8. The minimum Gasteiger partial charge on any atom is -0.396 e. The molecular weight excluding hydrogens is 205 g/mol. The van der Waals surface area contributed by atoms with Crippen LogP contribution in [0.5, 0.6) is 0 Å². The molecule has 2 atom stereocenters. The van der Waals surface area contributed by atoms with Gasteiger partial charge >= 0.3 is 0 Å². The zero-order valence-electron chi connectivity index (χ0n) is 10.4. The normalized spacial score (nSPS) is 15.2. The Hall–Kier alpha value is -0.930. The van der Waals surface area contributed by atoms with Gasteiger partial charge < -0.3 is 10.0 Å². The monoisotopic (exact) mass is 225 g/mol. The molecule has 0 fully saturated rings. The van der Waals surface area contributed by atoms with Crippen LogP contribution in [0.25, 0.3) is 0 Å². The van der Waals surface area contributed by atoms with Crippen molar-refractivity contribution in [1.29, 1.82) is 0 Å². The van der Waals surface area contributed by atoms with E-state index in [2.05, 4.69) is 0 Å². The number of halogens is 1. The summed E-state index contributed by atoms with van der Waals surface area (Å²) in [4.78, 5) is 1.94. The number of nitrogens with zero attached hydrogens (tertiary/aromatic N) is 1. The molecule has 0 amide bonds. The van der Waals surface area contributed by atoms with Gasteiger partial charge in [-0.25, -0.2) is 4.39 Å². The molecule has 0 spiro atoms. The Bertz CT molecular complexity index is 352. The van der Waals surface area contributed by atoms with Crippen LogP contribution in [0.3, 0.4) is 0 Å². The van der Waals surface area contributed by atoms with E-state index in [1.807, 2.05) is 45.0 Å². The molecule has 16 heavy (non-hydrogen) atoms. The fourth-order valence-corrected chi connectivity index (χ4v) is 2.07. The molecule has 0 bridgehead atoms. The van der Waals surface area contributed by atoms with E-state index in [1.54, 1.807) is 0 Å². The van der Waals surface area contributed by atoms with Crippen LogP contribution >= 0.6 is 0 Å². The molecule has 0 aliphatic carbocycles. The summed E-state index contributed by atoms with van der Waals surface area (Å²) in [5.41, 5.74) is 1.56. The van der Waals surface area contributed by atoms with Crippen LogP contribution < -0.4 is 0 Å². The molecule has 0 aromatic heterocycles. The molecule has 2 unspecified atom stereocenters. The van der Waals surface area contributed by atoms with Crippen LogP contribution in [0.4, 0.5) is 4.39 Å². The Morgan fingerprint density at radius 1 is 1.38 bits per heavy atom. The molecule has 1 N–H and O–H groups in total. The molecule has 0 aliphatic rings. The highest BCUT2D eigenvalue weighted by Gasteiger charge is 2.23. The van der Waals surface area contributed by atoms with Crippen molar-refractivity contribution in [1.82, 2.24) is 4.90 Å². The van der Waals surface area contributed by atoms with Crippen molar-refractivity contribution in [2.75, 3.05) is 20.7 Å². The molecular formula is C13H20FNO. The third-order valence-corrected chi connectivity index (χ3v) is 2.86. The Morgan fingerprint density at radius 2 is 2.00 bits per heavy atom. The van der Waals surface area contributed by atoms with Gasteiger partial charge in [-0.05, 0) is 38.6 Å². The third kappa shape index (κ3) is 2.80. The number of benzene rings is 1. The maximum atomic E-state index is 13.8. The fourth-order valence-electron chi connectivity index (χ4n) is 2.07. The van der Waals surface area contributed by atoms with Crippen molar-refractivity contribution in [3.05, 3.63) is 35.1 Å². The topological polar surface area (TPSA) is 23.5 Å². The highest BCUT2D eigenvalue weighted by Crippen LogP contribution is 2.28. The van der Waals surface area contributed by atoms with Gasteiger partial charge in [0.05, 0.1) is 0 Å². The van der Waals surface area contributed by atoms with Gasteiger partial charge in [-0.2, -0.15) is 0 Å². The van der Waals surface area contributed by atoms with Crippen LogP contribution in [-0.4, -0.2) is 30.7 Å². The predicted molar refractivity (Wildman–Crippen MR) is 63.8 cm³/mol. The Kier molecular flexibility index (Phi) is 4.44. The van der Waals surface area contributed by atoms with E-state index in [9.17, 15) is 9.50 Å². The third-order valence-electron chi connectivity index (χ3n) is 2.86. The second-order valence-electron chi connectivity index (χ2n) is 4.59. The van der Waals surface area contributed by atoms with Crippen molar-refractivity contribution in [3.8, 4) is 0 Å². The predicted octanol–water partition coefficient (Wildman–Crippen LogP) is 2.37. The number of hydrogen-bond acceptors (Lipinski definition) is 2. The lowest BCUT2D eigenvalue weighted by molar-refractivity contribution is 0.143. The molecule has 0 aliphatic heterocycles. The summed E-state index contributed by atoms with van der Waals surface area (Å²) in [6.07, 6.45) is 0. The van der Waals surface area contributed by atoms with Gasteiger partial charge in [0.15, 0.2) is 0 Å². The molecule has 1 aromatic rings. The fraction of sp³-hybridized carbons (Fsp3) is 0.538. The first-order chi connectivity index (χ1) is 7.47. The minimum absolute atomic E-state index is 0.00667. The van der Waals surface area contributed by atoms with Gasteiger partial charge in [-0.3, -0.25) is 0 Å². The molecule has 0 heterocycles. The van der Waals surface area contributed by atoms with Crippen LogP contribution in [0.15, 0.2) is 18.2 Å². The van der Waals surface area contributed by atoms with Crippen molar-refractivity contribution < 1.29 is 9.50 Å². The average molecular weight is 225 g/mol. The van der Waals surface area contributed by atoms with E-state index in [4.69, 9.17) is 0 Å². The number of aryl methyl sites for hydroxylation is 1. The van der Waals surface area contributed by atoms with Crippen molar-refractivity contribution in [2.24, 2.45) is 5.92 Å². The lowest BCUT2D eigenvalue weighted by Gasteiger charge is -2.29. The minimum atomic E-state index is -0.195. The first-order valence-corrected chi connectivity index (χ1v) is 5.50. The highest BCUT2D eigenvalue weighted by atomic mass is 19.1. The van der Waals surface area contributed by atoms with Gasteiger partial charge in [-0.15, -0.1) is 0 Å². The Balaban J connectivity index is 3.11. The number of aliphatic hydroxyl groups excluding tert-OH is 1. The van der Waals surface area contributed by atoms with Crippen LogP contribution in [0.1, 0.15) is 24.1 Å². The first-order valence-electron chi connectivity index (χ1n) is 5.50. The Morgan fingerprint density at radius 3 is 2.44 bits per heavy atom. The first kappa shape index (κ1) is 13.1. The summed E-state index contributed by atoms with van der Waals surface area (Å²) in [7, 11) is 3.80. The van der Waals surface area contributed by atoms with E-state index in [1.165, 1.54) is 6.07 Å². The number of rotatable bonds is 4. The SMILES string of the molecule is Cc1ccc(C(C(C)CO)N(C)C)c(F)c1. The molecule has 0 radical (unpaired) electrons. The van der Waals surface area contributed by atoms with Gasteiger partial charge in [0.2, 0.25) is 0 Å². The second-order valence-corrected chi connectivity index (χ2v) is 4.59. The van der Waals surface area contributed by atoms with Gasteiger partial charge in [0, 0.05) is 18.2 Å². The molecule has 2 nitrogen and oxygen atoms in total. The van der Waals surface area contributed by atoms with Gasteiger partial charge in [-0.1, -0.05) is 19.1 Å². The average Bonchev–Trinajstić information content (AvgIpc) is 2.21. The Labute approximate surface area is 96.7 Å². The summed E-state index contributed by atoms with van der Waals surface area (Å²) in [5.74, 6) is -0.189. The van der Waals surface area contributed by atoms with Crippen LogP contribution in [0.2, 0.25) is 0 Å². The molecule has 1 aromatic carbocycles. The van der Waals surface area contributed by atoms with E-state index in [0.717, 1.165) is 5.56 Å². The van der Waals surface area contributed by atoms with E-state index < -0.39 is 0 Å². The van der Waals surface area contributed by atoms with E-state index in [-0.39, 0.29) is 24.4 Å². The second kappa shape index (κ2) is 5.41. The zero-order chi connectivity index (χ0) is 12.3. The molecule has 1 rings (SSSR count). The largest absolute Gasteiger partial charge is 0.396 e. The maximum Gasteiger partial charge on any atom is 0.128 e. The number of hydrogen-bond donors (Lipinski definition) is 1. The van der Waals surface area contributed by atoms with E-state index in [0.29, 0.717) is 5.56 Å². The smallest absolute Gasteiger partial charge is 0.128 e. The molecule has 90 valence electrons. The molecule has 0 saturated heterocycles. The van der Waals surface area contributed by atoms with Crippen LogP contribution in [0, 0.1) is 18.7 Å². The summed E-state index contributed by atoms with van der Waals surface area (Å²) in [5, 5.41) is 9.21. The number of aliphatic hydroxyl groups is 1. The van der Waals surface area contributed by atoms with Crippen molar-refractivity contribution in [3.63, 3.8) is 0 Å². The zero-order valence-corrected chi connectivity index (χ0v) is 10.4. The summed E-state index contributed by atoms with van der Waals surface area (Å²) in [6.45, 7) is 3.84. The summed E-state index contributed by atoms with van der Waals surface area (Å²) in [6, 6.07) is 5.15.